The highest BCUT2D eigenvalue weighted by Gasteiger charge is 2.03. The van der Waals surface area contributed by atoms with E-state index in [4.69, 9.17) is 0 Å². The standard InChI is InChI=1S/C14H12N2.H3N/c1-9-3-5-11-7-8-12-6-4-10(2)16-14(12)13(11)15-9;/h3-8H,1-2H3;1H3. The highest BCUT2D eigenvalue weighted by molar-refractivity contribution is 6.02. The molecule has 0 aliphatic rings. The summed E-state index contributed by atoms with van der Waals surface area (Å²) < 4.78 is 0. The van der Waals surface area contributed by atoms with Crippen molar-refractivity contribution in [1.29, 1.82) is 0 Å². The van der Waals surface area contributed by atoms with E-state index in [1.54, 1.807) is 0 Å². The molecule has 0 radical (unpaired) electrons. The van der Waals surface area contributed by atoms with E-state index in [1.165, 1.54) is 0 Å². The maximum atomic E-state index is 4.58. The largest absolute Gasteiger partial charge is 0.344 e. The third-order valence-electron chi connectivity index (χ3n) is 2.80. The summed E-state index contributed by atoms with van der Waals surface area (Å²) in [5, 5.41) is 2.30. The van der Waals surface area contributed by atoms with E-state index in [2.05, 4.69) is 34.2 Å². The molecule has 3 heteroatoms. The second-order valence-electron chi connectivity index (χ2n) is 4.11. The van der Waals surface area contributed by atoms with Gasteiger partial charge in [0.25, 0.3) is 0 Å². The molecule has 2 heterocycles. The zero-order valence-corrected chi connectivity index (χ0v) is 10.1. The summed E-state index contributed by atoms with van der Waals surface area (Å²) in [5.74, 6) is 0. The van der Waals surface area contributed by atoms with Gasteiger partial charge in [-0.1, -0.05) is 24.3 Å². The van der Waals surface area contributed by atoms with Crippen LogP contribution in [0.3, 0.4) is 0 Å². The molecule has 0 atom stereocenters. The van der Waals surface area contributed by atoms with Gasteiger partial charge in [0.1, 0.15) is 0 Å². The van der Waals surface area contributed by atoms with Crippen molar-refractivity contribution in [2.75, 3.05) is 0 Å². The summed E-state index contributed by atoms with van der Waals surface area (Å²) in [4.78, 5) is 9.16. The van der Waals surface area contributed by atoms with Crippen molar-refractivity contribution in [2.24, 2.45) is 0 Å². The smallest absolute Gasteiger partial charge is 0.0967 e. The van der Waals surface area contributed by atoms with Crippen LogP contribution < -0.4 is 6.15 Å². The van der Waals surface area contributed by atoms with Gasteiger partial charge >= 0.3 is 0 Å². The van der Waals surface area contributed by atoms with Gasteiger partial charge in [-0.3, -0.25) is 9.97 Å². The summed E-state index contributed by atoms with van der Waals surface area (Å²) in [6.45, 7) is 4.02. The van der Waals surface area contributed by atoms with Crippen molar-refractivity contribution in [3.8, 4) is 0 Å². The molecule has 1 aromatic carbocycles. The number of aromatic nitrogens is 2. The molecule has 0 spiro atoms. The number of rotatable bonds is 0. The maximum Gasteiger partial charge on any atom is 0.0967 e. The number of pyridine rings is 2. The summed E-state index contributed by atoms with van der Waals surface area (Å²) in [6.07, 6.45) is 0. The Labute approximate surface area is 100 Å². The fourth-order valence-electron chi connectivity index (χ4n) is 1.96. The van der Waals surface area contributed by atoms with E-state index in [-0.39, 0.29) is 6.15 Å². The number of aryl methyl sites for hydroxylation is 2. The van der Waals surface area contributed by atoms with Crippen LogP contribution in [-0.2, 0) is 0 Å². The molecule has 0 aliphatic heterocycles. The highest BCUT2D eigenvalue weighted by Crippen LogP contribution is 2.22. The monoisotopic (exact) mass is 225 g/mol. The summed E-state index contributed by atoms with van der Waals surface area (Å²) in [6, 6.07) is 12.5. The Morgan fingerprint density at radius 3 is 1.41 bits per heavy atom. The Morgan fingerprint density at radius 2 is 1.00 bits per heavy atom. The summed E-state index contributed by atoms with van der Waals surface area (Å²) >= 11 is 0. The van der Waals surface area contributed by atoms with Gasteiger partial charge in [-0.05, 0) is 26.0 Å². The highest BCUT2D eigenvalue weighted by atomic mass is 14.8. The van der Waals surface area contributed by atoms with Crippen molar-refractivity contribution in [3.05, 3.63) is 47.8 Å². The number of benzene rings is 1. The van der Waals surface area contributed by atoms with E-state index in [0.29, 0.717) is 0 Å². The molecular formula is C14H15N3. The third-order valence-corrected chi connectivity index (χ3v) is 2.80. The van der Waals surface area contributed by atoms with E-state index in [9.17, 15) is 0 Å². The van der Waals surface area contributed by atoms with Crippen LogP contribution in [0.4, 0.5) is 0 Å². The van der Waals surface area contributed by atoms with Crippen LogP contribution in [0.15, 0.2) is 36.4 Å². The predicted molar refractivity (Wildman–Crippen MR) is 71.5 cm³/mol. The third kappa shape index (κ3) is 1.85. The zero-order chi connectivity index (χ0) is 11.1. The molecule has 86 valence electrons. The molecule has 17 heavy (non-hydrogen) atoms. The molecule has 2 aromatic heterocycles. The molecule has 0 saturated heterocycles. The van der Waals surface area contributed by atoms with Crippen molar-refractivity contribution < 1.29 is 0 Å². The van der Waals surface area contributed by atoms with E-state index >= 15 is 0 Å². The van der Waals surface area contributed by atoms with Crippen LogP contribution in [0.5, 0.6) is 0 Å². The van der Waals surface area contributed by atoms with Crippen molar-refractivity contribution in [3.63, 3.8) is 0 Å². The zero-order valence-electron chi connectivity index (χ0n) is 10.1. The molecule has 0 aliphatic carbocycles. The number of hydrogen-bond acceptors (Lipinski definition) is 3. The van der Waals surface area contributed by atoms with Crippen molar-refractivity contribution >= 4 is 21.8 Å². The lowest BCUT2D eigenvalue weighted by Gasteiger charge is -2.04. The Kier molecular flexibility index (Phi) is 2.77. The maximum absolute atomic E-state index is 4.58. The minimum Gasteiger partial charge on any atom is -0.344 e. The number of fused-ring (bicyclic) bond motifs is 3. The first-order valence-corrected chi connectivity index (χ1v) is 5.38. The van der Waals surface area contributed by atoms with Crippen LogP contribution in [0, 0.1) is 13.8 Å². The Balaban J connectivity index is 0.00000108. The fraction of sp³-hybridized carbons (Fsp3) is 0.143. The first kappa shape index (κ1) is 11.5. The fourth-order valence-corrected chi connectivity index (χ4v) is 1.96. The van der Waals surface area contributed by atoms with Gasteiger partial charge in [0.05, 0.1) is 11.0 Å². The minimum absolute atomic E-state index is 0. The van der Waals surface area contributed by atoms with E-state index < -0.39 is 0 Å². The van der Waals surface area contributed by atoms with Crippen LogP contribution in [0.25, 0.3) is 21.8 Å². The van der Waals surface area contributed by atoms with Crippen LogP contribution in [0.1, 0.15) is 11.4 Å². The molecule has 3 aromatic rings. The molecule has 0 bridgehead atoms. The van der Waals surface area contributed by atoms with Gasteiger partial charge in [0.2, 0.25) is 0 Å². The Morgan fingerprint density at radius 1 is 0.647 bits per heavy atom. The molecule has 0 unspecified atom stereocenters. The molecule has 3 N–H and O–H groups in total. The van der Waals surface area contributed by atoms with Crippen LogP contribution in [-0.4, -0.2) is 9.97 Å². The van der Waals surface area contributed by atoms with E-state index in [1.807, 2.05) is 26.0 Å². The molecule has 0 amide bonds. The Bertz CT molecular complexity index is 629. The quantitative estimate of drug-likeness (QED) is 0.595. The molecule has 0 saturated carbocycles. The topological polar surface area (TPSA) is 60.8 Å². The molecule has 3 nitrogen and oxygen atoms in total. The van der Waals surface area contributed by atoms with Gasteiger partial charge in [-0.2, -0.15) is 0 Å². The van der Waals surface area contributed by atoms with Crippen molar-refractivity contribution in [2.45, 2.75) is 13.8 Å². The predicted octanol–water partition coefficient (Wildman–Crippen LogP) is 3.56. The molecule has 0 fully saturated rings. The van der Waals surface area contributed by atoms with Gasteiger partial charge < -0.3 is 6.15 Å². The van der Waals surface area contributed by atoms with Crippen LogP contribution >= 0.6 is 0 Å². The normalized spacial score (nSPS) is 10.5. The van der Waals surface area contributed by atoms with Gasteiger partial charge in [-0.25, -0.2) is 0 Å². The lowest BCUT2D eigenvalue weighted by Crippen LogP contribution is -1.89. The lowest BCUT2D eigenvalue weighted by molar-refractivity contribution is 1.23. The summed E-state index contributed by atoms with van der Waals surface area (Å²) in [7, 11) is 0. The number of nitrogens with zero attached hydrogens (tertiary/aromatic N) is 2. The SMILES string of the molecule is Cc1ccc2ccc3ccc(C)nc3c2n1.N. The lowest BCUT2D eigenvalue weighted by atomic mass is 10.1. The van der Waals surface area contributed by atoms with E-state index in [0.717, 1.165) is 33.2 Å². The summed E-state index contributed by atoms with van der Waals surface area (Å²) in [5.41, 5.74) is 4.06. The minimum atomic E-state index is 0. The average Bonchev–Trinajstić information content (AvgIpc) is 2.29. The first-order valence-electron chi connectivity index (χ1n) is 5.38. The Hall–Kier alpha value is -2.00. The first-order chi connectivity index (χ1) is 7.74. The molecule has 3 rings (SSSR count). The second-order valence-corrected chi connectivity index (χ2v) is 4.11. The van der Waals surface area contributed by atoms with Crippen LogP contribution in [0.2, 0.25) is 0 Å². The second kappa shape index (κ2) is 4.11. The van der Waals surface area contributed by atoms with Crippen molar-refractivity contribution in [1.82, 2.24) is 16.1 Å². The molecular weight excluding hydrogens is 210 g/mol. The average molecular weight is 225 g/mol. The van der Waals surface area contributed by atoms with Gasteiger partial charge in [0.15, 0.2) is 0 Å². The van der Waals surface area contributed by atoms with Gasteiger partial charge in [-0.15, -0.1) is 0 Å². The van der Waals surface area contributed by atoms with Gasteiger partial charge in [0, 0.05) is 22.2 Å². The number of hydrogen-bond donors (Lipinski definition) is 1.